The number of carboxylic acid groups (broad SMARTS) is 1. The fourth-order valence-corrected chi connectivity index (χ4v) is 1.33. The fourth-order valence-electron chi connectivity index (χ4n) is 1.15. The van der Waals surface area contributed by atoms with Gasteiger partial charge >= 0.3 is 5.97 Å². The van der Waals surface area contributed by atoms with Crippen LogP contribution in [0, 0.1) is 0 Å². The van der Waals surface area contributed by atoms with Gasteiger partial charge in [0.1, 0.15) is 5.75 Å². The number of ether oxygens (including phenoxy) is 1. The summed E-state index contributed by atoms with van der Waals surface area (Å²) in [4.78, 5) is 18.2. The number of carbonyl (C=O) groups is 1. The molecule has 0 spiro atoms. The summed E-state index contributed by atoms with van der Waals surface area (Å²) in [6.07, 6.45) is 2.47. The highest BCUT2D eigenvalue weighted by molar-refractivity contribution is 6.30. The molecule has 17 heavy (non-hydrogen) atoms. The zero-order valence-electron chi connectivity index (χ0n) is 8.50. The molecular weight excluding hydrogens is 244 g/mol. The molecule has 0 aliphatic rings. The summed E-state index contributed by atoms with van der Waals surface area (Å²) in [7, 11) is 0. The second-order valence-corrected chi connectivity index (χ2v) is 3.54. The van der Waals surface area contributed by atoms with E-state index in [9.17, 15) is 4.79 Å². The van der Waals surface area contributed by atoms with E-state index in [0.29, 0.717) is 10.8 Å². The Morgan fingerprint density at radius 1 is 1.35 bits per heavy atom. The lowest BCUT2D eigenvalue weighted by Gasteiger charge is -2.04. The topological polar surface area (TPSA) is 72.3 Å². The van der Waals surface area contributed by atoms with Crippen molar-refractivity contribution in [1.82, 2.24) is 9.97 Å². The number of halogens is 1. The Balaban J connectivity index is 2.24. The normalized spacial score (nSPS) is 9.94. The SMILES string of the molecule is O=C(O)c1cncc(Oc2cccc(Cl)c2)n1. The van der Waals surface area contributed by atoms with Crippen LogP contribution in [0.4, 0.5) is 0 Å². The maximum absolute atomic E-state index is 10.7. The molecule has 0 saturated carbocycles. The molecule has 0 bridgehead atoms. The Morgan fingerprint density at radius 2 is 2.18 bits per heavy atom. The van der Waals surface area contributed by atoms with Gasteiger partial charge in [-0.05, 0) is 18.2 Å². The molecule has 0 atom stereocenters. The number of benzene rings is 1. The zero-order valence-corrected chi connectivity index (χ0v) is 9.26. The van der Waals surface area contributed by atoms with Crippen LogP contribution in [0.5, 0.6) is 11.6 Å². The summed E-state index contributed by atoms with van der Waals surface area (Å²) < 4.78 is 5.33. The Labute approximate surface area is 102 Å². The molecule has 6 heteroatoms. The van der Waals surface area contributed by atoms with Crippen LogP contribution in [0.15, 0.2) is 36.7 Å². The third-order valence-electron chi connectivity index (χ3n) is 1.85. The Morgan fingerprint density at radius 3 is 2.88 bits per heavy atom. The third-order valence-corrected chi connectivity index (χ3v) is 2.09. The Hall–Kier alpha value is -2.14. The van der Waals surface area contributed by atoms with Crippen LogP contribution in [-0.4, -0.2) is 21.0 Å². The van der Waals surface area contributed by atoms with Crippen molar-refractivity contribution in [3.05, 3.63) is 47.4 Å². The van der Waals surface area contributed by atoms with Gasteiger partial charge in [-0.3, -0.25) is 4.98 Å². The summed E-state index contributed by atoms with van der Waals surface area (Å²) in [6, 6.07) is 6.69. The number of carboxylic acids is 1. The first-order chi connectivity index (χ1) is 8.15. The van der Waals surface area contributed by atoms with Crippen LogP contribution in [0.25, 0.3) is 0 Å². The molecule has 0 fully saturated rings. The van der Waals surface area contributed by atoms with Crippen LogP contribution in [0.1, 0.15) is 10.5 Å². The first-order valence-electron chi connectivity index (χ1n) is 4.64. The van der Waals surface area contributed by atoms with E-state index in [1.807, 2.05) is 0 Å². The van der Waals surface area contributed by atoms with Crippen LogP contribution >= 0.6 is 11.6 Å². The molecule has 0 saturated heterocycles. The average molecular weight is 251 g/mol. The molecule has 1 heterocycles. The summed E-state index contributed by atoms with van der Waals surface area (Å²) in [5, 5.41) is 9.26. The Kier molecular flexibility index (Phi) is 3.20. The van der Waals surface area contributed by atoms with E-state index in [0.717, 1.165) is 6.20 Å². The van der Waals surface area contributed by atoms with E-state index < -0.39 is 5.97 Å². The van der Waals surface area contributed by atoms with Crippen molar-refractivity contribution in [2.24, 2.45) is 0 Å². The van der Waals surface area contributed by atoms with Crippen molar-refractivity contribution in [2.45, 2.75) is 0 Å². The van der Waals surface area contributed by atoms with Crippen LogP contribution in [0.2, 0.25) is 5.02 Å². The van der Waals surface area contributed by atoms with Crippen LogP contribution in [-0.2, 0) is 0 Å². The van der Waals surface area contributed by atoms with Crippen molar-refractivity contribution in [2.75, 3.05) is 0 Å². The molecule has 0 aliphatic carbocycles. The van der Waals surface area contributed by atoms with Gasteiger partial charge in [0.25, 0.3) is 0 Å². The number of nitrogens with zero attached hydrogens (tertiary/aromatic N) is 2. The molecule has 1 aromatic heterocycles. The van der Waals surface area contributed by atoms with E-state index in [-0.39, 0.29) is 11.6 Å². The highest BCUT2D eigenvalue weighted by Gasteiger charge is 2.07. The van der Waals surface area contributed by atoms with Gasteiger partial charge in [-0.2, -0.15) is 0 Å². The summed E-state index contributed by atoms with van der Waals surface area (Å²) >= 11 is 5.78. The van der Waals surface area contributed by atoms with E-state index in [1.54, 1.807) is 24.3 Å². The molecule has 86 valence electrons. The molecule has 0 aliphatic heterocycles. The largest absolute Gasteiger partial charge is 0.476 e. The standard InChI is InChI=1S/C11H7ClN2O3/c12-7-2-1-3-8(4-7)17-10-6-13-5-9(14-10)11(15)16/h1-6H,(H,15,16). The smallest absolute Gasteiger partial charge is 0.356 e. The lowest BCUT2D eigenvalue weighted by Crippen LogP contribution is -2.02. The summed E-state index contributed by atoms with van der Waals surface area (Å²) in [6.45, 7) is 0. The molecule has 0 unspecified atom stereocenters. The van der Waals surface area contributed by atoms with E-state index in [2.05, 4.69) is 9.97 Å². The van der Waals surface area contributed by atoms with Crippen LogP contribution in [0.3, 0.4) is 0 Å². The number of aromatic carboxylic acids is 1. The van der Waals surface area contributed by atoms with Gasteiger partial charge in [-0.1, -0.05) is 17.7 Å². The average Bonchev–Trinajstić information content (AvgIpc) is 2.29. The lowest BCUT2D eigenvalue weighted by molar-refractivity contribution is 0.0689. The molecular formula is C11H7ClN2O3. The second-order valence-electron chi connectivity index (χ2n) is 3.11. The maximum atomic E-state index is 10.7. The number of hydrogen-bond acceptors (Lipinski definition) is 4. The quantitative estimate of drug-likeness (QED) is 0.907. The van der Waals surface area contributed by atoms with E-state index in [1.165, 1.54) is 6.20 Å². The van der Waals surface area contributed by atoms with Crippen molar-refractivity contribution in [3.63, 3.8) is 0 Å². The zero-order chi connectivity index (χ0) is 12.3. The van der Waals surface area contributed by atoms with Gasteiger partial charge < -0.3 is 9.84 Å². The lowest BCUT2D eigenvalue weighted by atomic mass is 10.3. The highest BCUT2D eigenvalue weighted by Crippen LogP contribution is 2.22. The molecule has 2 aromatic rings. The van der Waals surface area contributed by atoms with Gasteiger partial charge in [0, 0.05) is 5.02 Å². The van der Waals surface area contributed by atoms with Crippen molar-refractivity contribution >= 4 is 17.6 Å². The van der Waals surface area contributed by atoms with Crippen molar-refractivity contribution < 1.29 is 14.6 Å². The second kappa shape index (κ2) is 4.80. The first-order valence-corrected chi connectivity index (χ1v) is 5.02. The molecule has 0 amide bonds. The first kappa shape index (κ1) is 11.3. The number of hydrogen-bond donors (Lipinski definition) is 1. The predicted molar refractivity (Wildman–Crippen MR) is 60.5 cm³/mol. The molecule has 2 rings (SSSR count). The van der Waals surface area contributed by atoms with Gasteiger partial charge in [-0.25, -0.2) is 9.78 Å². The van der Waals surface area contributed by atoms with Gasteiger partial charge in [0.05, 0.1) is 12.4 Å². The molecule has 1 aromatic carbocycles. The third kappa shape index (κ3) is 2.92. The molecule has 5 nitrogen and oxygen atoms in total. The van der Waals surface area contributed by atoms with Gasteiger partial charge in [0.15, 0.2) is 5.69 Å². The van der Waals surface area contributed by atoms with E-state index >= 15 is 0 Å². The summed E-state index contributed by atoms with van der Waals surface area (Å²) in [5.41, 5.74) is -0.176. The minimum Gasteiger partial charge on any atom is -0.476 e. The maximum Gasteiger partial charge on any atom is 0.356 e. The fraction of sp³-hybridized carbons (Fsp3) is 0. The van der Waals surface area contributed by atoms with Gasteiger partial charge in [0.2, 0.25) is 5.88 Å². The minimum atomic E-state index is -1.16. The monoisotopic (exact) mass is 250 g/mol. The van der Waals surface area contributed by atoms with Crippen molar-refractivity contribution in [1.29, 1.82) is 0 Å². The highest BCUT2D eigenvalue weighted by atomic mass is 35.5. The minimum absolute atomic E-state index is 0.104. The van der Waals surface area contributed by atoms with E-state index in [4.69, 9.17) is 21.4 Å². The Bertz CT molecular complexity index is 560. The van der Waals surface area contributed by atoms with Crippen LogP contribution < -0.4 is 4.74 Å². The number of aromatic nitrogens is 2. The van der Waals surface area contributed by atoms with Crippen molar-refractivity contribution in [3.8, 4) is 11.6 Å². The molecule has 0 radical (unpaired) electrons. The summed E-state index contributed by atoms with van der Waals surface area (Å²) in [5.74, 6) is -0.587. The van der Waals surface area contributed by atoms with Gasteiger partial charge in [-0.15, -0.1) is 0 Å². The molecule has 1 N–H and O–H groups in total. The number of rotatable bonds is 3. The predicted octanol–water partition coefficient (Wildman–Crippen LogP) is 2.62.